The summed E-state index contributed by atoms with van der Waals surface area (Å²) >= 11 is 6.01. The second-order valence-electron chi connectivity index (χ2n) is 5.87. The van der Waals surface area contributed by atoms with Crippen molar-refractivity contribution in [1.82, 2.24) is 0 Å². The molecule has 0 unspecified atom stereocenters. The first-order valence-electron chi connectivity index (χ1n) is 8.03. The van der Waals surface area contributed by atoms with Crippen LogP contribution in [0.15, 0.2) is 53.6 Å². The molecule has 0 spiro atoms. The van der Waals surface area contributed by atoms with Crippen molar-refractivity contribution < 1.29 is 14.3 Å². The number of Topliss-reactive ketones (excluding diaryl/α,β-unsaturated/α-hetero) is 1. The van der Waals surface area contributed by atoms with Gasteiger partial charge in [0.1, 0.15) is 11.5 Å². The number of benzene rings is 2. The summed E-state index contributed by atoms with van der Waals surface area (Å²) in [6, 6.07) is 13.1. The van der Waals surface area contributed by atoms with Gasteiger partial charge in [0, 0.05) is 22.2 Å². The molecule has 0 radical (unpaired) electrons. The van der Waals surface area contributed by atoms with Crippen LogP contribution in [0.5, 0.6) is 11.5 Å². The molecular formula is C21H19ClO3. The van der Waals surface area contributed by atoms with Gasteiger partial charge in [0.2, 0.25) is 0 Å². The van der Waals surface area contributed by atoms with Gasteiger partial charge in [0.15, 0.2) is 5.78 Å². The van der Waals surface area contributed by atoms with E-state index in [1.807, 2.05) is 54.6 Å². The van der Waals surface area contributed by atoms with E-state index in [1.165, 1.54) is 0 Å². The zero-order valence-electron chi connectivity index (χ0n) is 14.2. The highest BCUT2D eigenvalue weighted by Gasteiger charge is 2.23. The van der Waals surface area contributed by atoms with Crippen molar-refractivity contribution in [3.05, 3.63) is 69.8 Å². The predicted molar refractivity (Wildman–Crippen MR) is 101 cm³/mol. The van der Waals surface area contributed by atoms with Gasteiger partial charge in [-0.25, -0.2) is 0 Å². The molecule has 2 aromatic carbocycles. The van der Waals surface area contributed by atoms with Gasteiger partial charge in [-0.2, -0.15) is 0 Å². The van der Waals surface area contributed by atoms with Gasteiger partial charge in [0.05, 0.1) is 14.2 Å². The van der Waals surface area contributed by atoms with E-state index in [9.17, 15) is 4.79 Å². The van der Waals surface area contributed by atoms with Gasteiger partial charge >= 0.3 is 0 Å². The molecule has 0 atom stereocenters. The minimum atomic E-state index is 0.0850. The molecular weight excluding hydrogens is 336 g/mol. The van der Waals surface area contributed by atoms with Gasteiger partial charge in [0.25, 0.3) is 0 Å². The number of carbonyl (C=O) groups is 1. The van der Waals surface area contributed by atoms with E-state index in [1.54, 1.807) is 14.2 Å². The largest absolute Gasteiger partial charge is 0.497 e. The Morgan fingerprint density at radius 1 is 0.880 bits per heavy atom. The Morgan fingerprint density at radius 2 is 1.48 bits per heavy atom. The predicted octanol–water partition coefficient (Wildman–Crippen LogP) is 5.19. The zero-order chi connectivity index (χ0) is 17.8. The Kier molecular flexibility index (Phi) is 5.25. The third-order valence-corrected chi connectivity index (χ3v) is 4.39. The molecule has 1 aliphatic rings. The van der Waals surface area contributed by atoms with Crippen LogP contribution in [0.2, 0.25) is 5.02 Å². The highest BCUT2D eigenvalue weighted by molar-refractivity contribution is 6.30. The molecule has 1 fully saturated rings. The quantitative estimate of drug-likeness (QED) is 0.709. The normalized spacial score (nSPS) is 17.3. The summed E-state index contributed by atoms with van der Waals surface area (Å²) in [5.74, 6) is 1.49. The molecule has 128 valence electrons. The number of methoxy groups -OCH3 is 2. The number of hydrogen-bond donors (Lipinski definition) is 0. The van der Waals surface area contributed by atoms with Gasteiger partial charge in [-0.1, -0.05) is 23.7 Å². The van der Waals surface area contributed by atoms with Crippen LogP contribution >= 0.6 is 11.6 Å². The van der Waals surface area contributed by atoms with Crippen molar-refractivity contribution in [2.45, 2.75) is 12.8 Å². The van der Waals surface area contributed by atoms with E-state index < -0.39 is 0 Å². The highest BCUT2D eigenvalue weighted by atomic mass is 35.5. The number of carbonyl (C=O) groups excluding carboxylic acids is 1. The summed E-state index contributed by atoms with van der Waals surface area (Å²) in [5, 5.41) is 0.666. The topological polar surface area (TPSA) is 35.5 Å². The summed E-state index contributed by atoms with van der Waals surface area (Å²) in [4.78, 5) is 12.7. The van der Waals surface area contributed by atoms with Gasteiger partial charge in [-0.05, 0) is 60.4 Å². The maximum atomic E-state index is 12.7. The molecule has 0 amide bonds. The Labute approximate surface area is 152 Å². The second-order valence-corrected chi connectivity index (χ2v) is 6.31. The Bertz CT molecular complexity index is 843. The highest BCUT2D eigenvalue weighted by Crippen LogP contribution is 2.31. The lowest BCUT2D eigenvalue weighted by atomic mass is 10.1. The average molecular weight is 355 g/mol. The smallest absolute Gasteiger partial charge is 0.185 e. The fourth-order valence-corrected chi connectivity index (χ4v) is 3.09. The molecule has 0 heterocycles. The summed E-state index contributed by atoms with van der Waals surface area (Å²) in [7, 11) is 3.22. The molecule has 0 aliphatic heterocycles. The first kappa shape index (κ1) is 17.3. The van der Waals surface area contributed by atoms with E-state index in [-0.39, 0.29) is 5.78 Å². The maximum Gasteiger partial charge on any atom is 0.185 e. The van der Waals surface area contributed by atoms with Crippen molar-refractivity contribution >= 4 is 29.5 Å². The summed E-state index contributed by atoms with van der Waals surface area (Å²) < 4.78 is 10.6. The monoisotopic (exact) mass is 354 g/mol. The van der Waals surface area contributed by atoms with Crippen molar-refractivity contribution in [2.75, 3.05) is 14.2 Å². The van der Waals surface area contributed by atoms with Crippen LogP contribution in [0.4, 0.5) is 0 Å². The van der Waals surface area contributed by atoms with Gasteiger partial charge in [-0.15, -0.1) is 0 Å². The lowest BCUT2D eigenvalue weighted by Gasteiger charge is -2.06. The minimum Gasteiger partial charge on any atom is -0.497 e. The lowest BCUT2D eigenvalue weighted by molar-refractivity contribution is -0.111. The molecule has 3 rings (SSSR count). The summed E-state index contributed by atoms with van der Waals surface area (Å²) in [6.07, 6.45) is 5.29. The SMILES string of the molecule is COc1cc(C=C2CCC(=Cc3cccc(Cl)c3)C2=O)cc(OC)c1. The fraction of sp³-hybridized carbons (Fsp3) is 0.190. The third kappa shape index (κ3) is 4.12. The van der Waals surface area contributed by atoms with Crippen LogP contribution in [0.25, 0.3) is 12.2 Å². The van der Waals surface area contributed by atoms with Crippen LogP contribution < -0.4 is 9.47 Å². The van der Waals surface area contributed by atoms with Crippen LogP contribution in [-0.2, 0) is 4.79 Å². The van der Waals surface area contributed by atoms with E-state index in [4.69, 9.17) is 21.1 Å². The molecule has 0 N–H and O–H groups in total. The third-order valence-electron chi connectivity index (χ3n) is 4.15. The van der Waals surface area contributed by atoms with Gasteiger partial charge < -0.3 is 9.47 Å². The van der Waals surface area contributed by atoms with Crippen molar-refractivity contribution in [1.29, 1.82) is 0 Å². The number of rotatable bonds is 4. The summed E-state index contributed by atoms with van der Waals surface area (Å²) in [5.41, 5.74) is 3.44. The van der Waals surface area contributed by atoms with E-state index in [0.29, 0.717) is 16.5 Å². The molecule has 2 aromatic rings. The lowest BCUT2D eigenvalue weighted by Crippen LogP contribution is -1.96. The van der Waals surface area contributed by atoms with Crippen molar-refractivity contribution in [2.24, 2.45) is 0 Å². The molecule has 1 aliphatic carbocycles. The van der Waals surface area contributed by atoms with E-state index in [2.05, 4.69) is 0 Å². The van der Waals surface area contributed by atoms with E-state index in [0.717, 1.165) is 35.1 Å². The average Bonchev–Trinajstić information content (AvgIpc) is 2.94. The molecule has 25 heavy (non-hydrogen) atoms. The fourth-order valence-electron chi connectivity index (χ4n) is 2.89. The van der Waals surface area contributed by atoms with Crippen LogP contribution in [-0.4, -0.2) is 20.0 Å². The van der Waals surface area contributed by atoms with E-state index >= 15 is 0 Å². The van der Waals surface area contributed by atoms with Crippen LogP contribution in [0.1, 0.15) is 24.0 Å². The Morgan fingerprint density at radius 3 is 2.04 bits per heavy atom. The number of allylic oxidation sites excluding steroid dienone is 2. The van der Waals surface area contributed by atoms with Crippen LogP contribution in [0.3, 0.4) is 0 Å². The minimum absolute atomic E-state index is 0.0850. The molecule has 0 saturated heterocycles. The number of ketones is 1. The van der Waals surface area contributed by atoms with Crippen molar-refractivity contribution in [3.63, 3.8) is 0 Å². The first-order valence-corrected chi connectivity index (χ1v) is 8.41. The van der Waals surface area contributed by atoms with Crippen LogP contribution in [0, 0.1) is 0 Å². The first-order chi connectivity index (χ1) is 12.1. The van der Waals surface area contributed by atoms with Gasteiger partial charge in [-0.3, -0.25) is 4.79 Å². The summed E-state index contributed by atoms with van der Waals surface area (Å²) in [6.45, 7) is 0. The molecule has 0 aromatic heterocycles. The Hall–Kier alpha value is -2.52. The number of hydrogen-bond acceptors (Lipinski definition) is 3. The number of halogens is 1. The van der Waals surface area contributed by atoms with Crippen molar-refractivity contribution in [3.8, 4) is 11.5 Å². The zero-order valence-corrected chi connectivity index (χ0v) is 15.0. The standard InChI is InChI=1S/C21H19ClO3/c1-24-19-11-15(12-20(13-19)25-2)9-17-7-6-16(21(17)23)8-14-4-3-5-18(22)10-14/h3-5,8-13H,6-7H2,1-2H3. The maximum absolute atomic E-state index is 12.7. The Balaban J connectivity index is 1.88. The molecule has 3 nitrogen and oxygen atoms in total. The molecule has 0 bridgehead atoms. The second kappa shape index (κ2) is 7.58. The molecule has 1 saturated carbocycles. The number of ether oxygens (including phenoxy) is 2. The molecule has 4 heteroatoms.